The largest absolute Gasteiger partial charge is 0.381 e. The monoisotopic (exact) mass is 308 g/mol. The molecule has 0 bridgehead atoms. The summed E-state index contributed by atoms with van der Waals surface area (Å²) in [4.78, 5) is 17.7. The molecule has 0 atom stereocenters. The molecule has 3 rings (SSSR count). The molecule has 0 spiro atoms. The molecule has 1 saturated heterocycles. The molecular weight excluding hydrogens is 292 g/mol. The molecule has 106 valence electrons. The van der Waals surface area contributed by atoms with Gasteiger partial charge in [-0.2, -0.15) is 0 Å². The van der Waals surface area contributed by atoms with E-state index in [9.17, 15) is 4.79 Å². The van der Waals surface area contributed by atoms with E-state index in [1.165, 1.54) is 11.3 Å². The number of carbonyl (C=O) groups is 1. The van der Waals surface area contributed by atoms with Gasteiger partial charge in [-0.15, -0.1) is 22.7 Å². The van der Waals surface area contributed by atoms with E-state index in [4.69, 9.17) is 4.74 Å². The maximum Gasteiger partial charge on any atom is 0.258 e. The standard InChI is InChI=1S/C14H16N2O2S2/c1-9-11(4-7-19-9)13(17)16-14-15-12(8-20-14)10-2-5-18-6-3-10/h4,7-8,10H,2-3,5-6H2,1H3,(H,15,16,17). The molecule has 0 radical (unpaired) electrons. The number of thiazole rings is 1. The molecule has 0 saturated carbocycles. The van der Waals surface area contributed by atoms with Crippen LogP contribution in [-0.4, -0.2) is 24.1 Å². The molecule has 2 aromatic heterocycles. The Balaban J connectivity index is 1.68. The van der Waals surface area contributed by atoms with Crippen LogP contribution in [-0.2, 0) is 4.74 Å². The van der Waals surface area contributed by atoms with Crippen LogP contribution in [0.5, 0.6) is 0 Å². The second-order valence-corrected chi connectivity index (χ2v) is 6.79. The van der Waals surface area contributed by atoms with Gasteiger partial charge in [-0.05, 0) is 31.2 Å². The summed E-state index contributed by atoms with van der Waals surface area (Å²) < 4.78 is 5.36. The van der Waals surface area contributed by atoms with Crippen molar-refractivity contribution in [2.24, 2.45) is 0 Å². The summed E-state index contributed by atoms with van der Waals surface area (Å²) in [7, 11) is 0. The number of rotatable bonds is 3. The predicted octanol–water partition coefficient (Wildman–Crippen LogP) is 3.66. The highest BCUT2D eigenvalue weighted by atomic mass is 32.1. The van der Waals surface area contributed by atoms with Crippen LogP contribution in [0, 0.1) is 6.92 Å². The van der Waals surface area contributed by atoms with Crippen molar-refractivity contribution in [3.05, 3.63) is 33.0 Å². The first kappa shape index (κ1) is 13.7. The molecule has 1 fully saturated rings. The Morgan fingerprint density at radius 2 is 2.20 bits per heavy atom. The number of nitrogens with one attached hydrogen (secondary N) is 1. The Hall–Kier alpha value is -1.24. The van der Waals surface area contributed by atoms with Gasteiger partial charge < -0.3 is 4.74 Å². The third kappa shape index (κ3) is 2.92. The third-order valence-electron chi connectivity index (χ3n) is 3.49. The second kappa shape index (κ2) is 6.03. The van der Waals surface area contributed by atoms with Gasteiger partial charge in [-0.25, -0.2) is 4.98 Å². The van der Waals surface area contributed by atoms with Gasteiger partial charge in [0.05, 0.1) is 11.3 Å². The van der Waals surface area contributed by atoms with Crippen molar-refractivity contribution in [1.29, 1.82) is 0 Å². The number of anilines is 1. The van der Waals surface area contributed by atoms with E-state index in [2.05, 4.69) is 10.3 Å². The topological polar surface area (TPSA) is 51.2 Å². The van der Waals surface area contributed by atoms with Crippen LogP contribution in [0.4, 0.5) is 5.13 Å². The fourth-order valence-corrected chi connectivity index (χ4v) is 3.79. The van der Waals surface area contributed by atoms with E-state index in [0.29, 0.717) is 11.0 Å². The lowest BCUT2D eigenvalue weighted by Gasteiger charge is -2.19. The minimum absolute atomic E-state index is 0.0726. The van der Waals surface area contributed by atoms with E-state index >= 15 is 0 Å². The highest BCUT2D eigenvalue weighted by Gasteiger charge is 2.19. The van der Waals surface area contributed by atoms with Crippen molar-refractivity contribution < 1.29 is 9.53 Å². The average Bonchev–Trinajstić information content (AvgIpc) is 3.09. The Labute approximate surface area is 125 Å². The number of carbonyl (C=O) groups excluding carboxylic acids is 1. The summed E-state index contributed by atoms with van der Waals surface area (Å²) >= 11 is 3.07. The van der Waals surface area contributed by atoms with Gasteiger partial charge in [0.25, 0.3) is 5.91 Å². The number of aryl methyl sites for hydroxylation is 1. The molecule has 1 amide bonds. The van der Waals surface area contributed by atoms with Gasteiger partial charge >= 0.3 is 0 Å². The Kier molecular flexibility index (Phi) is 4.14. The molecule has 1 aliphatic heterocycles. The van der Waals surface area contributed by atoms with E-state index in [1.807, 2.05) is 23.8 Å². The second-order valence-electron chi connectivity index (χ2n) is 4.81. The van der Waals surface area contributed by atoms with Crippen molar-refractivity contribution in [1.82, 2.24) is 4.98 Å². The highest BCUT2D eigenvalue weighted by Crippen LogP contribution is 2.29. The molecule has 4 nitrogen and oxygen atoms in total. The van der Waals surface area contributed by atoms with Gasteiger partial charge in [0.15, 0.2) is 5.13 Å². The van der Waals surface area contributed by atoms with Gasteiger partial charge in [-0.1, -0.05) is 0 Å². The van der Waals surface area contributed by atoms with E-state index < -0.39 is 0 Å². The molecule has 6 heteroatoms. The first-order valence-electron chi connectivity index (χ1n) is 6.62. The maximum atomic E-state index is 12.1. The highest BCUT2D eigenvalue weighted by molar-refractivity contribution is 7.14. The molecule has 1 aliphatic rings. The van der Waals surface area contributed by atoms with Crippen LogP contribution >= 0.6 is 22.7 Å². The first-order valence-corrected chi connectivity index (χ1v) is 8.38. The molecule has 2 aromatic rings. The molecule has 3 heterocycles. The van der Waals surface area contributed by atoms with Crippen LogP contribution in [0.1, 0.15) is 39.7 Å². The van der Waals surface area contributed by atoms with Crippen molar-refractivity contribution in [2.75, 3.05) is 18.5 Å². The number of thiophene rings is 1. The average molecular weight is 308 g/mol. The first-order chi connectivity index (χ1) is 9.74. The molecule has 0 aromatic carbocycles. The van der Waals surface area contributed by atoms with Crippen LogP contribution < -0.4 is 5.32 Å². The zero-order valence-corrected chi connectivity index (χ0v) is 12.9. The van der Waals surface area contributed by atoms with Crippen LogP contribution in [0.15, 0.2) is 16.8 Å². The van der Waals surface area contributed by atoms with Crippen molar-refractivity contribution in [3.63, 3.8) is 0 Å². The smallest absolute Gasteiger partial charge is 0.258 e. The van der Waals surface area contributed by atoms with Crippen LogP contribution in [0.3, 0.4) is 0 Å². The predicted molar refractivity (Wildman–Crippen MR) is 81.9 cm³/mol. The lowest BCUT2D eigenvalue weighted by molar-refractivity contribution is 0.0846. The Morgan fingerprint density at radius 1 is 1.40 bits per heavy atom. The Morgan fingerprint density at radius 3 is 2.90 bits per heavy atom. The summed E-state index contributed by atoms with van der Waals surface area (Å²) in [6, 6.07) is 1.85. The van der Waals surface area contributed by atoms with Crippen LogP contribution in [0.2, 0.25) is 0 Å². The number of aromatic nitrogens is 1. The molecule has 20 heavy (non-hydrogen) atoms. The van der Waals surface area contributed by atoms with Crippen molar-refractivity contribution >= 4 is 33.7 Å². The summed E-state index contributed by atoms with van der Waals surface area (Å²) in [5.41, 5.74) is 1.81. The van der Waals surface area contributed by atoms with Gasteiger partial charge in [0.1, 0.15) is 0 Å². The SMILES string of the molecule is Cc1sccc1C(=O)Nc1nc(C2CCOCC2)cs1. The summed E-state index contributed by atoms with van der Waals surface area (Å²) in [6.45, 7) is 3.56. The van der Waals surface area contributed by atoms with E-state index in [0.717, 1.165) is 42.2 Å². The van der Waals surface area contributed by atoms with E-state index in [-0.39, 0.29) is 5.91 Å². The molecular formula is C14H16N2O2S2. The number of hydrogen-bond donors (Lipinski definition) is 1. The minimum atomic E-state index is -0.0726. The molecule has 1 N–H and O–H groups in total. The van der Waals surface area contributed by atoms with Crippen molar-refractivity contribution in [2.45, 2.75) is 25.7 Å². The lowest BCUT2D eigenvalue weighted by Crippen LogP contribution is -2.15. The van der Waals surface area contributed by atoms with Gasteiger partial charge in [-0.3, -0.25) is 10.1 Å². The van der Waals surface area contributed by atoms with E-state index in [1.54, 1.807) is 11.3 Å². The van der Waals surface area contributed by atoms with Gasteiger partial charge in [0.2, 0.25) is 0 Å². The quantitative estimate of drug-likeness (QED) is 0.941. The number of amides is 1. The summed E-state index contributed by atoms with van der Waals surface area (Å²) in [6.07, 6.45) is 2.03. The normalized spacial score (nSPS) is 16.2. The number of hydrogen-bond acceptors (Lipinski definition) is 5. The zero-order chi connectivity index (χ0) is 13.9. The fourth-order valence-electron chi connectivity index (χ4n) is 2.31. The fraction of sp³-hybridized carbons (Fsp3) is 0.429. The zero-order valence-electron chi connectivity index (χ0n) is 11.2. The number of nitrogens with zero attached hydrogens (tertiary/aromatic N) is 1. The maximum absolute atomic E-state index is 12.1. The molecule has 0 aliphatic carbocycles. The number of ether oxygens (including phenoxy) is 1. The summed E-state index contributed by atoms with van der Waals surface area (Å²) in [5, 5.41) is 7.55. The minimum Gasteiger partial charge on any atom is -0.381 e. The molecule has 0 unspecified atom stereocenters. The third-order valence-corrected chi connectivity index (χ3v) is 5.11. The van der Waals surface area contributed by atoms with Crippen molar-refractivity contribution in [3.8, 4) is 0 Å². The van der Waals surface area contributed by atoms with Gasteiger partial charge in [0, 0.05) is 29.4 Å². The van der Waals surface area contributed by atoms with Crippen LogP contribution in [0.25, 0.3) is 0 Å². The lowest BCUT2D eigenvalue weighted by atomic mass is 9.98. The summed E-state index contributed by atoms with van der Waals surface area (Å²) in [5.74, 6) is 0.394. The Bertz CT molecular complexity index is 600.